The molecule has 2 saturated heterocycles. The highest BCUT2D eigenvalue weighted by Gasteiger charge is 2.36. The Morgan fingerprint density at radius 2 is 1.75 bits per heavy atom. The topological polar surface area (TPSA) is 32.3 Å². The molecule has 0 aromatic rings. The molecule has 3 nitrogen and oxygen atoms in total. The molecule has 0 aromatic heterocycles. The normalized spacial score (nSPS) is 32.6. The monoisotopic (exact) mass is 300 g/mol. The first kappa shape index (κ1) is 16.1. The van der Waals surface area contributed by atoms with Gasteiger partial charge in [-0.3, -0.25) is 4.79 Å². The Labute approximate surface area is 129 Å². The molecule has 0 aromatic carbocycles. The molecule has 0 radical (unpaired) electrons. The van der Waals surface area contributed by atoms with Crippen molar-refractivity contribution in [1.82, 2.24) is 10.2 Å². The number of hydrogen-bond acceptors (Lipinski definition) is 2. The summed E-state index contributed by atoms with van der Waals surface area (Å²) in [6.07, 6.45) is 9.64. The van der Waals surface area contributed by atoms with Gasteiger partial charge < -0.3 is 10.2 Å². The molecule has 4 heteroatoms. The van der Waals surface area contributed by atoms with Crippen molar-refractivity contribution >= 4 is 18.3 Å². The molecule has 20 heavy (non-hydrogen) atoms. The van der Waals surface area contributed by atoms with E-state index in [9.17, 15) is 4.79 Å². The smallest absolute Gasteiger partial charge is 0.223 e. The van der Waals surface area contributed by atoms with Gasteiger partial charge in [0.05, 0.1) is 0 Å². The van der Waals surface area contributed by atoms with E-state index < -0.39 is 0 Å². The van der Waals surface area contributed by atoms with Crippen LogP contribution in [0, 0.1) is 5.92 Å². The number of carbonyl (C=O) groups excluding carboxylic acids is 1. The van der Waals surface area contributed by atoms with Gasteiger partial charge in [0.15, 0.2) is 0 Å². The van der Waals surface area contributed by atoms with Crippen LogP contribution in [0.5, 0.6) is 0 Å². The third-order valence-electron chi connectivity index (χ3n) is 5.35. The Morgan fingerprint density at radius 1 is 1.15 bits per heavy atom. The lowest BCUT2D eigenvalue weighted by Crippen LogP contribution is -2.49. The minimum atomic E-state index is 0. The SMILES string of the molecule is CC(C)N(C(=O)CC1CC2CCC(C1)N2)C1CCC1.Cl. The van der Waals surface area contributed by atoms with E-state index in [-0.39, 0.29) is 12.4 Å². The molecule has 2 heterocycles. The van der Waals surface area contributed by atoms with Crippen molar-refractivity contribution < 1.29 is 4.79 Å². The van der Waals surface area contributed by atoms with E-state index in [2.05, 4.69) is 24.1 Å². The van der Waals surface area contributed by atoms with Crippen LogP contribution in [-0.2, 0) is 4.79 Å². The molecular formula is C16H29ClN2O. The first-order valence-electron chi connectivity index (χ1n) is 8.20. The van der Waals surface area contributed by atoms with Gasteiger partial charge in [-0.1, -0.05) is 0 Å². The summed E-state index contributed by atoms with van der Waals surface area (Å²) in [5, 5.41) is 3.67. The molecule has 1 amide bonds. The van der Waals surface area contributed by atoms with E-state index in [4.69, 9.17) is 0 Å². The maximum Gasteiger partial charge on any atom is 0.223 e. The minimum Gasteiger partial charge on any atom is -0.337 e. The van der Waals surface area contributed by atoms with Crippen molar-refractivity contribution in [3.63, 3.8) is 0 Å². The molecule has 1 saturated carbocycles. The van der Waals surface area contributed by atoms with Crippen LogP contribution in [0.1, 0.15) is 65.2 Å². The molecule has 2 unspecified atom stereocenters. The number of halogens is 1. The van der Waals surface area contributed by atoms with Crippen LogP contribution in [-0.4, -0.2) is 35.0 Å². The molecule has 2 aliphatic heterocycles. The van der Waals surface area contributed by atoms with E-state index in [0.29, 0.717) is 36.0 Å². The van der Waals surface area contributed by atoms with Gasteiger partial charge in [0, 0.05) is 30.6 Å². The van der Waals surface area contributed by atoms with E-state index >= 15 is 0 Å². The zero-order valence-electron chi connectivity index (χ0n) is 12.8. The van der Waals surface area contributed by atoms with E-state index in [1.165, 1.54) is 44.9 Å². The third kappa shape index (κ3) is 3.30. The van der Waals surface area contributed by atoms with Crippen molar-refractivity contribution in [1.29, 1.82) is 0 Å². The zero-order valence-corrected chi connectivity index (χ0v) is 13.6. The van der Waals surface area contributed by atoms with E-state index in [0.717, 1.165) is 6.42 Å². The Hall–Kier alpha value is -0.280. The predicted molar refractivity (Wildman–Crippen MR) is 84.2 cm³/mol. The zero-order chi connectivity index (χ0) is 13.4. The van der Waals surface area contributed by atoms with Crippen LogP contribution in [0.25, 0.3) is 0 Å². The number of rotatable bonds is 4. The van der Waals surface area contributed by atoms with Gasteiger partial charge in [-0.05, 0) is 64.7 Å². The Bertz CT molecular complexity index is 331. The van der Waals surface area contributed by atoms with Crippen LogP contribution in [0.15, 0.2) is 0 Å². The molecule has 1 aliphatic carbocycles. The maximum absolute atomic E-state index is 12.6. The highest BCUT2D eigenvalue weighted by Crippen LogP contribution is 2.34. The lowest BCUT2D eigenvalue weighted by atomic mass is 9.87. The van der Waals surface area contributed by atoms with Crippen molar-refractivity contribution in [2.75, 3.05) is 0 Å². The first-order valence-corrected chi connectivity index (χ1v) is 8.20. The standard InChI is InChI=1S/C16H28N2O.ClH/c1-11(2)18(15-4-3-5-15)16(19)10-12-8-13-6-7-14(9-12)17-13;/h11-15,17H,3-10H2,1-2H3;1H. The summed E-state index contributed by atoms with van der Waals surface area (Å²) in [5.41, 5.74) is 0. The van der Waals surface area contributed by atoms with Gasteiger partial charge in [0.25, 0.3) is 0 Å². The molecule has 3 rings (SSSR count). The predicted octanol–water partition coefficient (Wildman–Crippen LogP) is 3.12. The fourth-order valence-electron chi connectivity index (χ4n) is 4.27. The second-order valence-corrected chi connectivity index (χ2v) is 7.16. The lowest BCUT2D eigenvalue weighted by Gasteiger charge is -2.41. The molecule has 2 bridgehead atoms. The quantitative estimate of drug-likeness (QED) is 0.865. The first-order chi connectivity index (χ1) is 9.13. The number of fused-ring (bicyclic) bond motifs is 2. The van der Waals surface area contributed by atoms with Crippen LogP contribution in [0.3, 0.4) is 0 Å². The molecule has 1 N–H and O–H groups in total. The number of nitrogens with one attached hydrogen (secondary N) is 1. The van der Waals surface area contributed by atoms with Crippen LogP contribution < -0.4 is 5.32 Å². The van der Waals surface area contributed by atoms with Gasteiger partial charge in [0.2, 0.25) is 5.91 Å². The second kappa shape index (κ2) is 6.65. The number of carbonyl (C=O) groups is 1. The number of hydrogen-bond donors (Lipinski definition) is 1. The summed E-state index contributed by atoms with van der Waals surface area (Å²) in [7, 11) is 0. The van der Waals surface area contributed by atoms with Gasteiger partial charge in [0.1, 0.15) is 0 Å². The molecule has 3 fully saturated rings. The second-order valence-electron chi connectivity index (χ2n) is 7.16. The van der Waals surface area contributed by atoms with Crippen LogP contribution in [0.4, 0.5) is 0 Å². The molecular weight excluding hydrogens is 272 g/mol. The average molecular weight is 301 g/mol. The summed E-state index contributed by atoms with van der Waals surface area (Å²) in [6, 6.07) is 2.32. The number of nitrogens with zero attached hydrogens (tertiary/aromatic N) is 1. The summed E-state index contributed by atoms with van der Waals surface area (Å²) >= 11 is 0. The Kier molecular flexibility index (Phi) is 5.36. The summed E-state index contributed by atoms with van der Waals surface area (Å²) in [5.74, 6) is 1.05. The fraction of sp³-hybridized carbons (Fsp3) is 0.938. The van der Waals surface area contributed by atoms with Crippen molar-refractivity contribution in [2.45, 2.75) is 89.4 Å². The van der Waals surface area contributed by atoms with E-state index in [1.54, 1.807) is 0 Å². The van der Waals surface area contributed by atoms with Gasteiger partial charge in [-0.25, -0.2) is 0 Å². The summed E-state index contributed by atoms with van der Waals surface area (Å²) in [6.45, 7) is 4.34. The lowest BCUT2D eigenvalue weighted by molar-refractivity contribution is -0.138. The average Bonchev–Trinajstić information content (AvgIpc) is 2.62. The third-order valence-corrected chi connectivity index (χ3v) is 5.35. The largest absolute Gasteiger partial charge is 0.337 e. The molecule has 2 atom stereocenters. The summed E-state index contributed by atoms with van der Waals surface area (Å²) in [4.78, 5) is 14.8. The van der Waals surface area contributed by atoms with Gasteiger partial charge >= 0.3 is 0 Å². The highest BCUT2D eigenvalue weighted by atomic mass is 35.5. The fourth-order valence-corrected chi connectivity index (χ4v) is 4.27. The van der Waals surface area contributed by atoms with Gasteiger partial charge in [-0.2, -0.15) is 0 Å². The Balaban J connectivity index is 0.00000147. The van der Waals surface area contributed by atoms with Gasteiger partial charge in [-0.15, -0.1) is 12.4 Å². The van der Waals surface area contributed by atoms with E-state index in [1.807, 2.05) is 0 Å². The molecule has 3 aliphatic rings. The van der Waals surface area contributed by atoms with Crippen molar-refractivity contribution in [3.05, 3.63) is 0 Å². The maximum atomic E-state index is 12.6. The number of piperidine rings is 1. The minimum absolute atomic E-state index is 0. The van der Waals surface area contributed by atoms with Crippen LogP contribution in [0.2, 0.25) is 0 Å². The summed E-state index contributed by atoms with van der Waals surface area (Å²) < 4.78 is 0. The highest BCUT2D eigenvalue weighted by molar-refractivity contribution is 5.85. The van der Waals surface area contributed by atoms with Crippen molar-refractivity contribution in [3.8, 4) is 0 Å². The van der Waals surface area contributed by atoms with Crippen molar-refractivity contribution in [2.24, 2.45) is 5.92 Å². The van der Waals surface area contributed by atoms with Crippen LogP contribution >= 0.6 is 12.4 Å². The molecule has 0 spiro atoms. The number of amides is 1. The molecule has 116 valence electrons. The Morgan fingerprint density at radius 3 is 2.20 bits per heavy atom.